The molecule has 1 aromatic carbocycles. The predicted octanol–water partition coefficient (Wildman–Crippen LogP) is 1.53. The zero-order valence-electron chi connectivity index (χ0n) is 13.4. The summed E-state index contributed by atoms with van der Waals surface area (Å²) in [6, 6.07) is 7.51. The molecule has 25 heavy (non-hydrogen) atoms. The predicted molar refractivity (Wildman–Crippen MR) is 90.7 cm³/mol. The van der Waals surface area contributed by atoms with Crippen molar-refractivity contribution in [2.45, 2.75) is 25.8 Å². The van der Waals surface area contributed by atoms with E-state index in [-0.39, 0.29) is 24.3 Å². The average Bonchev–Trinajstić information content (AvgIpc) is 3.11. The second kappa shape index (κ2) is 6.34. The number of rotatable bonds is 5. The third-order valence-corrected chi connectivity index (χ3v) is 4.22. The van der Waals surface area contributed by atoms with Crippen LogP contribution in [-0.2, 0) is 16.1 Å². The van der Waals surface area contributed by atoms with Crippen molar-refractivity contribution in [1.82, 2.24) is 25.0 Å². The molecule has 9 nitrogen and oxygen atoms in total. The molecule has 1 aliphatic carbocycles. The van der Waals surface area contributed by atoms with Crippen LogP contribution in [0.2, 0.25) is 0 Å². The van der Waals surface area contributed by atoms with Crippen LogP contribution in [0.4, 0.5) is 11.8 Å². The third kappa shape index (κ3) is 3.35. The van der Waals surface area contributed by atoms with Gasteiger partial charge in [0.2, 0.25) is 17.8 Å². The van der Waals surface area contributed by atoms with E-state index in [4.69, 9.17) is 0 Å². The van der Waals surface area contributed by atoms with E-state index >= 15 is 0 Å². The number of benzene rings is 1. The van der Waals surface area contributed by atoms with E-state index in [1.807, 2.05) is 24.3 Å². The number of carbonyl (C=O) groups is 2. The van der Waals surface area contributed by atoms with Gasteiger partial charge in [0.25, 0.3) is 0 Å². The van der Waals surface area contributed by atoms with Crippen LogP contribution < -0.4 is 10.6 Å². The largest absolute Gasteiger partial charge is 0.324 e. The van der Waals surface area contributed by atoms with Gasteiger partial charge in [0.15, 0.2) is 5.82 Å². The van der Waals surface area contributed by atoms with Crippen molar-refractivity contribution in [3.05, 3.63) is 30.5 Å². The van der Waals surface area contributed by atoms with Gasteiger partial charge in [0.05, 0.1) is 17.2 Å². The highest BCUT2D eigenvalue weighted by atomic mass is 16.2. The first kappa shape index (κ1) is 15.3. The lowest BCUT2D eigenvalue weighted by atomic mass is 9.85. The van der Waals surface area contributed by atoms with Gasteiger partial charge in [-0.3, -0.25) is 14.9 Å². The number of fused-ring (bicyclic) bond motifs is 1. The molecule has 0 aliphatic heterocycles. The molecule has 0 spiro atoms. The number of nitrogens with one attached hydrogen (secondary N) is 3. The van der Waals surface area contributed by atoms with Crippen molar-refractivity contribution in [3.63, 3.8) is 0 Å². The van der Waals surface area contributed by atoms with Crippen molar-refractivity contribution in [2.75, 3.05) is 10.6 Å². The van der Waals surface area contributed by atoms with E-state index in [1.165, 1.54) is 10.9 Å². The van der Waals surface area contributed by atoms with Gasteiger partial charge in [-0.2, -0.15) is 0 Å². The number of aromatic amines is 1. The zero-order chi connectivity index (χ0) is 17.2. The van der Waals surface area contributed by atoms with Gasteiger partial charge in [0, 0.05) is 5.92 Å². The molecular formula is C16H17N7O2. The molecule has 9 heteroatoms. The summed E-state index contributed by atoms with van der Waals surface area (Å²) in [6.45, 7) is -0.0245. The Kier molecular flexibility index (Phi) is 3.88. The van der Waals surface area contributed by atoms with Crippen molar-refractivity contribution >= 4 is 34.6 Å². The van der Waals surface area contributed by atoms with Gasteiger partial charge in [-0.15, -0.1) is 5.10 Å². The van der Waals surface area contributed by atoms with Crippen LogP contribution in [0.1, 0.15) is 19.3 Å². The number of hydrogen-bond acceptors (Lipinski definition) is 5. The first-order valence-electron chi connectivity index (χ1n) is 8.13. The lowest BCUT2D eigenvalue weighted by Gasteiger charge is -2.23. The second-order valence-electron chi connectivity index (χ2n) is 6.07. The van der Waals surface area contributed by atoms with Gasteiger partial charge in [-0.25, -0.2) is 9.67 Å². The number of amides is 2. The summed E-state index contributed by atoms with van der Waals surface area (Å²) in [5.74, 6) is 0.477. The number of para-hydroxylation sites is 2. The summed E-state index contributed by atoms with van der Waals surface area (Å²) in [6.07, 6.45) is 4.46. The van der Waals surface area contributed by atoms with Gasteiger partial charge in [-0.1, -0.05) is 23.8 Å². The van der Waals surface area contributed by atoms with Gasteiger partial charge < -0.3 is 10.3 Å². The number of hydrogen-bond donors (Lipinski definition) is 3. The standard InChI is InChI=1S/C16H17N7O2/c24-14(20-16-17-11-6-1-2-7-12(11)18-16)9-23-8-13(21-22-23)19-15(25)10-4-3-5-10/h1-2,6-8,10H,3-5,9H2,(H,19,25)(H2,17,18,20,24). The summed E-state index contributed by atoms with van der Waals surface area (Å²) in [7, 11) is 0. The summed E-state index contributed by atoms with van der Waals surface area (Å²) in [5.41, 5.74) is 1.62. The molecule has 0 atom stereocenters. The van der Waals surface area contributed by atoms with Gasteiger partial charge in [0.1, 0.15) is 6.54 Å². The van der Waals surface area contributed by atoms with Crippen LogP contribution in [-0.4, -0.2) is 36.8 Å². The summed E-state index contributed by atoms with van der Waals surface area (Å²) in [4.78, 5) is 31.3. The van der Waals surface area contributed by atoms with Crippen molar-refractivity contribution < 1.29 is 9.59 Å². The highest BCUT2D eigenvalue weighted by molar-refractivity contribution is 5.92. The number of imidazole rings is 1. The minimum Gasteiger partial charge on any atom is -0.324 e. The lowest BCUT2D eigenvalue weighted by molar-refractivity contribution is -0.122. The minimum absolute atomic E-state index is 0.0245. The molecule has 3 aromatic rings. The van der Waals surface area contributed by atoms with Crippen LogP contribution in [0.15, 0.2) is 30.5 Å². The fourth-order valence-electron chi connectivity index (χ4n) is 2.66. The molecule has 0 bridgehead atoms. The number of H-pyrrole nitrogens is 1. The highest BCUT2D eigenvalue weighted by Gasteiger charge is 2.25. The fraction of sp³-hybridized carbons (Fsp3) is 0.312. The van der Waals surface area contributed by atoms with E-state index in [2.05, 4.69) is 30.9 Å². The molecule has 128 valence electrons. The Bertz CT molecular complexity index is 892. The van der Waals surface area contributed by atoms with Gasteiger partial charge >= 0.3 is 0 Å². The topological polar surface area (TPSA) is 118 Å². The molecule has 3 N–H and O–H groups in total. The Hall–Kier alpha value is -3.23. The Balaban J connectivity index is 1.35. The van der Waals surface area contributed by atoms with E-state index in [9.17, 15) is 9.59 Å². The van der Waals surface area contributed by atoms with Crippen LogP contribution in [0.25, 0.3) is 11.0 Å². The maximum absolute atomic E-state index is 12.1. The molecule has 4 rings (SSSR count). The van der Waals surface area contributed by atoms with Crippen LogP contribution in [0.3, 0.4) is 0 Å². The number of aromatic nitrogens is 5. The quantitative estimate of drug-likeness (QED) is 0.651. The number of carbonyl (C=O) groups excluding carboxylic acids is 2. The smallest absolute Gasteiger partial charge is 0.248 e. The SMILES string of the molecule is O=C(Cn1cc(NC(=O)C2CCC2)nn1)Nc1nc2ccccc2[nH]1. The monoisotopic (exact) mass is 339 g/mol. The van der Waals surface area contributed by atoms with Gasteiger partial charge in [-0.05, 0) is 25.0 Å². The molecule has 1 saturated carbocycles. The van der Waals surface area contributed by atoms with E-state index in [0.717, 1.165) is 30.3 Å². The second-order valence-corrected chi connectivity index (χ2v) is 6.07. The van der Waals surface area contributed by atoms with E-state index in [0.29, 0.717) is 11.8 Å². The highest BCUT2D eigenvalue weighted by Crippen LogP contribution is 2.27. The average molecular weight is 339 g/mol. The first-order valence-corrected chi connectivity index (χ1v) is 8.13. The lowest BCUT2D eigenvalue weighted by Crippen LogP contribution is -2.28. The summed E-state index contributed by atoms with van der Waals surface area (Å²) >= 11 is 0. The number of anilines is 2. The Morgan fingerprint density at radius 2 is 2.08 bits per heavy atom. The Labute approximate surface area is 142 Å². The molecular weight excluding hydrogens is 322 g/mol. The van der Waals surface area contributed by atoms with Crippen molar-refractivity contribution in [2.24, 2.45) is 5.92 Å². The minimum atomic E-state index is -0.291. The maximum atomic E-state index is 12.1. The van der Waals surface area contributed by atoms with E-state index < -0.39 is 0 Å². The van der Waals surface area contributed by atoms with E-state index in [1.54, 1.807) is 0 Å². The third-order valence-electron chi connectivity index (χ3n) is 4.22. The van der Waals surface area contributed by atoms with Crippen LogP contribution >= 0.6 is 0 Å². The van der Waals surface area contributed by atoms with Crippen molar-refractivity contribution in [3.8, 4) is 0 Å². The molecule has 2 aromatic heterocycles. The zero-order valence-corrected chi connectivity index (χ0v) is 13.4. The molecule has 0 radical (unpaired) electrons. The summed E-state index contributed by atoms with van der Waals surface area (Å²) < 4.78 is 1.37. The first-order chi connectivity index (χ1) is 12.2. The Morgan fingerprint density at radius 3 is 2.84 bits per heavy atom. The number of nitrogens with zero attached hydrogens (tertiary/aromatic N) is 4. The molecule has 0 unspecified atom stereocenters. The van der Waals surface area contributed by atoms with Crippen molar-refractivity contribution in [1.29, 1.82) is 0 Å². The molecule has 1 aliphatic rings. The molecule has 2 heterocycles. The fourth-order valence-corrected chi connectivity index (χ4v) is 2.66. The normalized spacial score (nSPS) is 14.2. The van der Waals surface area contributed by atoms with Crippen LogP contribution in [0, 0.1) is 5.92 Å². The Morgan fingerprint density at radius 1 is 1.24 bits per heavy atom. The maximum Gasteiger partial charge on any atom is 0.248 e. The molecule has 1 fully saturated rings. The summed E-state index contributed by atoms with van der Waals surface area (Å²) in [5, 5.41) is 13.1. The molecule has 2 amide bonds. The molecule has 0 saturated heterocycles. The van der Waals surface area contributed by atoms with Crippen LogP contribution in [0.5, 0.6) is 0 Å².